The minimum atomic E-state index is -0.721. The van der Waals surface area contributed by atoms with E-state index in [0.29, 0.717) is 25.9 Å². The first-order chi connectivity index (χ1) is 14.5. The van der Waals surface area contributed by atoms with Crippen molar-refractivity contribution < 1.29 is 23.9 Å². The average molecular weight is 410 g/mol. The highest BCUT2D eigenvalue weighted by Gasteiger charge is 2.48. The highest BCUT2D eigenvalue weighted by Crippen LogP contribution is 2.37. The zero-order valence-corrected chi connectivity index (χ0v) is 16.9. The standard InChI is InChI=1S/C23H26N2O5/c26-20(24-12-10-17(11-13-24)16-6-2-1-3-7-16)15-30-21(27)14-25-22(28)18-8-4-5-9-19(18)23(25)29/h1-3,6-7,10,18-19H,4-5,8-9,11-15H2/t18-,19-/m1/s1. The fourth-order valence-electron chi connectivity index (χ4n) is 4.61. The molecule has 0 bridgehead atoms. The number of imide groups is 1. The van der Waals surface area contributed by atoms with E-state index in [1.807, 2.05) is 36.4 Å². The summed E-state index contributed by atoms with van der Waals surface area (Å²) in [7, 11) is 0. The van der Waals surface area contributed by atoms with Gasteiger partial charge in [0.25, 0.3) is 5.91 Å². The van der Waals surface area contributed by atoms with Crippen LogP contribution in [0.4, 0.5) is 0 Å². The number of esters is 1. The minimum absolute atomic E-state index is 0.275. The molecule has 2 atom stereocenters. The number of likely N-dealkylation sites (tertiary alicyclic amines) is 1. The van der Waals surface area contributed by atoms with E-state index in [1.165, 1.54) is 5.57 Å². The Morgan fingerprint density at radius 2 is 1.67 bits per heavy atom. The third-order valence-electron chi connectivity index (χ3n) is 6.28. The van der Waals surface area contributed by atoms with Crippen molar-refractivity contribution >= 4 is 29.3 Å². The van der Waals surface area contributed by atoms with Gasteiger partial charge in [0.05, 0.1) is 11.8 Å². The molecule has 2 fully saturated rings. The summed E-state index contributed by atoms with van der Waals surface area (Å²) < 4.78 is 5.08. The van der Waals surface area contributed by atoms with Crippen molar-refractivity contribution in [1.29, 1.82) is 0 Å². The van der Waals surface area contributed by atoms with E-state index in [9.17, 15) is 19.2 Å². The van der Waals surface area contributed by atoms with E-state index in [1.54, 1.807) is 4.90 Å². The Hall–Kier alpha value is -2.96. The van der Waals surface area contributed by atoms with Crippen molar-refractivity contribution in [1.82, 2.24) is 9.80 Å². The van der Waals surface area contributed by atoms with Crippen LogP contribution in [-0.4, -0.2) is 59.7 Å². The Morgan fingerprint density at radius 3 is 2.27 bits per heavy atom. The fraction of sp³-hybridized carbons (Fsp3) is 0.478. The molecule has 1 aliphatic carbocycles. The van der Waals surface area contributed by atoms with E-state index < -0.39 is 12.5 Å². The summed E-state index contributed by atoms with van der Waals surface area (Å²) in [5, 5.41) is 0. The summed E-state index contributed by atoms with van der Waals surface area (Å²) in [5.41, 5.74) is 2.35. The fourth-order valence-corrected chi connectivity index (χ4v) is 4.61. The second-order valence-corrected chi connectivity index (χ2v) is 8.11. The molecule has 0 N–H and O–H groups in total. The van der Waals surface area contributed by atoms with Crippen molar-refractivity contribution in [2.24, 2.45) is 11.8 Å². The van der Waals surface area contributed by atoms with E-state index in [0.717, 1.165) is 29.7 Å². The van der Waals surface area contributed by atoms with Crippen molar-refractivity contribution in [2.75, 3.05) is 26.2 Å². The Kier molecular flexibility index (Phi) is 5.97. The molecule has 0 spiro atoms. The van der Waals surface area contributed by atoms with Gasteiger partial charge in [0.15, 0.2) is 6.61 Å². The topological polar surface area (TPSA) is 84.0 Å². The number of benzene rings is 1. The maximum Gasteiger partial charge on any atom is 0.326 e. The monoisotopic (exact) mass is 410 g/mol. The van der Waals surface area contributed by atoms with Gasteiger partial charge in [-0.25, -0.2) is 0 Å². The first-order valence-electron chi connectivity index (χ1n) is 10.6. The van der Waals surface area contributed by atoms with Gasteiger partial charge in [-0.1, -0.05) is 49.2 Å². The van der Waals surface area contributed by atoms with Crippen LogP contribution in [0.15, 0.2) is 36.4 Å². The summed E-state index contributed by atoms with van der Waals surface area (Å²) >= 11 is 0. The number of amides is 3. The number of carbonyl (C=O) groups is 4. The van der Waals surface area contributed by atoms with Crippen LogP contribution in [-0.2, 0) is 23.9 Å². The van der Waals surface area contributed by atoms with E-state index in [-0.39, 0.29) is 36.2 Å². The number of hydrogen-bond donors (Lipinski definition) is 0. The van der Waals surface area contributed by atoms with Crippen LogP contribution in [0.2, 0.25) is 0 Å². The number of carbonyl (C=O) groups excluding carboxylic acids is 4. The lowest BCUT2D eigenvalue weighted by Crippen LogP contribution is -2.40. The summed E-state index contributed by atoms with van der Waals surface area (Å²) in [4.78, 5) is 52.1. The summed E-state index contributed by atoms with van der Waals surface area (Å²) in [6.07, 6.45) is 6.02. The minimum Gasteiger partial charge on any atom is -0.454 e. The summed E-state index contributed by atoms with van der Waals surface area (Å²) in [6, 6.07) is 10.0. The number of rotatable bonds is 5. The molecule has 1 saturated heterocycles. The van der Waals surface area contributed by atoms with Gasteiger partial charge in [0.1, 0.15) is 6.54 Å². The van der Waals surface area contributed by atoms with Crippen molar-refractivity contribution in [2.45, 2.75) is 32.1 Å². The van der Waals surface area contributed by atoms with E-state index >= 15 is 0 Å². The molecule has 1 saturated carbocycles. The van der Waals surface area contributed by atoms with Crippen LogP contribution in [0, 0.1) is 11.8 Å². The SMILES string of the molecule is O=C(CN1C(=O)[C@@H]2CCCC[C@H]2C1=O)OCC(=O)N1CC=C(c2ccccc2)CC1. The second kappa shape index (κ2) is 8.81. The van der Waals surface area contributed by atoms with Gasteiger partial charge in [-0.3, -0.25) is 24.1 Å². The molecule has 0 unspecified atom stereocenters. The Morgan fingerprint density at radius 1 is 1.00 bits per heavy atom. The molecule has 1 aromatic carbocycles. The highest BCUT2D eigenvalue weighted by atomic mass is 16.5. The first kappa shape index (κ1) is 20.3. The van der Waals surface area contributed by atoms with Crippen LogP contribution >= 0.6 is 0 Å². The van der Waals surface area contributed by atoms with Gasteiger partial charge in [-0.2, -0.15) is 0 Å². The quantitative estimate of drug-likeness (QED) is 0.548. The lowest BCUT2D eigenvalue weighted by molar-refractivity contribution is -0.156. The first-order valence-corrected chi connectivity index (χ1v) is 10.6. The molecule has 158 valence electrons. The Labute approximate surface area is 175 Å². The summed E-state index contributed by atoms with van der Waals surface area (Å²) in [6.45, 7) is 0.239. The van der Waals surface area contributed by atoms with Crippen LogP contribution in [0.25, 0.3) is 5.57 Å². The zero-order valence-electron chi connectivity index (χ0n) is 16.9. The molecule has 7 heteroatoms. The molecular weight excluding hydrogens is 384 g/mol. The maximum atomic E-state index is 12.4. The van der Waals surface area contributed by atoms with Crippen LogP contribution < -0.4 is 0 Å². The molecule has 30 heavy (non-hydrogen) atoms. The lowest BCUT2D eigenvalue weighted by atomic mass is 9.81. The average Bonchev–Trinajstić information content (AvgIpc) is 3.03. The van der Waals surface area contributed by atoms with Gasteiger partial charge >= 0.3 is 5.97 Å². The molecule has 1 aromatic rings. The number of fused-ring (bicyclic) bond motifs is 1. The molecule has 3 aliphatic rings. The number of ether oxygens (including phenoxy) is 1. The van der Waals surface area contributed by atoms with E-state index in [4.69, 9.17) is 4.74 Å². The van der Waals surface area contributed by atoms with Gasteiger partial charge < -0.3 is 9.64 Å². The van der Waals surface area contributed by atoms with Gasteiger partial charge in [-0.05, 0) is 30.4 Å². The Bertz CT molecular complexity index is 855. The van der Waals surface area contributed by atoms with Crippen molar-refractivity contribution in [3.8, 4) is 0 Å². The molecule has 0 radical (unpaired) electrons. The second-order valence-electron chi connectivity index (χ2n) is 8.11. The van der Waals surface area contributed by atoms with Gasteiger partial charge in [-0.15, -0.1) is 0 Å². The molecule has 7 nitrogen and oxygen atoms in total. The zero-order chi connectivity index (χ0) is 21.1. The maximum absolute atomic E-state index is 12.4. The number of nitrogens with zero attached hydrogens (tertiary/aromatic N) is 2. The van der Waals surface area contributed by atoms with Crippen molar-refractivity contribution in [3.05, 3.63) is 42.0 Å². The molecular formula is C23H26N2O5. The largest absolute Gasteiger partial charge is 0.454 e. The van der Waals surface area contributed by atoms with Crippen molar-refractivity contribution in [3.63, 3.8) is 0 Å². The normalized spacial score (nSPS) is 23.8. The molecule has 0 aromatic heterocycles. The molecule has 4 rings (SSSR count). The molecule has 3 amide bonds. The highest BCUT2D eigenvalue weighted by molar-refractivity contribution is 6.07. The van der Waals surface area contributed by atoms with Gasteiger partial charge in [0.2, 0.25) is 11.8 Å². The lowest BCUT2D eigenvalue weighted by Gasteiger charge is -2.26. The summed E-state index contributed by atoms with van der Waals surface area (Å²) in [5.74, 6) is -2.13. The Balaban J connectivity index is 1.25. The van der Waals surface area contributed by atoms with Crippen LogP contribution in [0.3, 0.4) is 0 Å². The third-order valence-corrected chi connectivity index (χ3v) is 6.28. The predicted molar refractivity (Wildman–Crippen MR) is 109 cm³/mol. The number of hydrogen-bond acceptors (Lipinski definition) is 5. The smallest absolute Gasteiger partial charge is 0.326 e. The van der Waals surface area contributed by atoms with Crippen LogP contribution in [0.5, 0.6) is 0 Å². The third kappa shape index (κ3) is 4.15. The van der Waals surface area contributed by atoms with Gasteiger partial charge in [0, 0.05) is 13.1 Å². The molecule has 2 aliphatic heterocycles. The van der Waals surface area contributed by atoms with Crippen LogP contribution in [0.1, 0.15) is 37.7 Å². The predicted octanol–water partition coefficient (Wildman–Crippen LogP) is 2.02. The van der Waals surface area contributed by atoms with E-state index in [2.05, 4.69) is 0 Å². The molecule has 2 heterocycles.